The molecule has 5 aromatic rings. The number of amides is 2. The lowest BCUT2D eigenvalue weighted by molar-refractivity contribution is -0.107. The molecule has 10 rings (SSSR count). The number of nitrogens with zero attached hydrogens (tertiary/aromatic N) is 8. The third-order valence-electron chi connectivity index (χ3n) is 13.7. The van der Waals surface area contributed by atoms with Crippen LogP contribution in [0.5, 0.6) is 11.5 Å². The number of nitrogens with one attached hydrogen (secondary N) is 2. The molecule has 0 bridgehead atoms. The van der Waals surface area contributed by atoms with Crippen LogP contribution in [0.25, 0.3) is 21.8 Å². The van der Waals surface area contributed by atoms with Crippen LogP contribution in [-0.2, 0) is 16.6 Å². The second-order valence-electron chi connectivity index (χ2n) is 17.8. The summed E-state index contributed by atoms with van der Waals surface area (Å²) in [4.78, 5) is 48.3. The van der Waals surface area contributed by atoms with Crippen LogP contribution in [0.4, 0.5) is 30.8 Å². The fourth-order valence-corrected chi connectivity index (χ4v) is 10.9. The molecule has 2 spiro atoms. The van der Waals surface area contributed by atoms with Gasteiger partial charge in [-0.25, -0.2) is 18.6 Å². The zero-order chi connectivity index (χ0) is 43.6. The van der Waals surface area contributed by atoms with Crippen LogP contribution < -0.4 is 30.1 Å². The van der Waals surface area contributed by atoms with Crippen LogP contribution >= 0.6 is 11.9 Å². The van der Waals surface area contributed by atoms with Gasteiger partial charge in [-0.1, -0.05) is 0 Å². The Bertz CT molecular complexity index is 2730. The average molecular weight is 879 g/mol. The average Bonchev–Trinajstić information content (AvgIpc) is 3.93. The number of urea groups is 1. The lowest BCUT2D eigenvalue weighted by Crippen LogP contribution is -2.67. The molecule has 3 aliphatic heterocycles. The molecule has 63 heavy (non-hydrogen) atoms. The maximum atomic E-state index is 15.7. The smallest absolute Gasteiger partial charge is 0.322 e. The number of ether oxygens (including phenoxy) is 2. The van der Waals surface area contributed by atoms with Crippen molar-refractivity contribution < 1.29 is 27.8 Å². The number of aryl methyl sites for hydroxylation is 1. The summed E-state index contributed by atoms with van der Waals surface area (Å²) in [6.07, 6.45) is 9.16. The highest BCUT2D eigenvalue weighted by Crippen LogP contribution is 2.53. The van der Waals surface area contributed by atoms with Crippen LogP contribution in [0.1, 0.15) is 63.0 Å². The first-order valence-corrected chi connectivity index (χ1v) is 22.4. The van der Waals surface area contributed by atoms with Crippen molar-refractivity contribution in [2.45, 2.75) is 74.3 Å². The molecule has 0 radical (unpaired) electrons. The molecular weight excluding hydrogens is 831 g/mol. The van der Waals surface area contributed by atoms with Gasteiger partial charge in [-0.05, 0) is 99.4 Å². The number of rotatable bonds is 12. The molecule has 3 aromatic carbocycles. The summed E-state index contributed by atoms with van der Waals surface area (Å²) in [7, 11) is 3.27. The summed E-state index contributed by atoms with van der Waals surface area (Å²) in [5.41, 5.74) is 1.84. The molecular formula is C45H48F2N10O5S. The number of aldehydes is 1. The first kappa shape index (κ1) is 41.3. The number of benzene rings is 3. The van der Waals surface area contributed by atoms with Gasteiger partial charge in [0.25, 0.3) is 5.56 Å². The van der Waals surface area contributed by atoms with E-state index in [4.69, 9.17) is 9.47 Å². The van der Waals surface area contributed by atoms with Gasteiger partial charge in [-0.3, -0.25) is 18.9 Å². The predicted molar refractivity (Wildman–Crippen MR) is 235 cm³/mol. The van der Waals surface area contributed by atoms with Gasteiger partial charge < -0.3 is 34.1 Å². The van der Waals surface area contributed by atoms with Gasteiger partial charge in [0.1, 0.15) is 29.5 Å². The topological polar surface area (TPSA) is 163 Å². The normalized spacial score (nSPS) is 20.4. The van der Waals surface area contributed by atoms with E-state index < -0.39 is 11.8 Å². The van der Waals surface area contributed by atoms with Gasteiger partial charge in [-0.2, -0.15) is 10.4 Å². The van der Waals surface area contributed by atoms with Crippen LogP contribution in [0.3, 0.4) is 0 Å². The van der Waals surface area contributed by atoms with Crippen LogP contribution in [0, 0.1) is 28.4 Å². The third kappa shape index (κ3) is 7.53. The highest BCUT2D eigenvalue weighted by Gasteiger charge is 2.55. The fraction of sp³-hybridized carbons (Fsp3) is 0.467. The number of piperidine rings is 1. The molecule has 2 saturated carbocycles. The van der Waals surface area contributed by atoms with Crippen molar-refractivity contribution in [2.75, 3.05) is 60.9 Å². The molecule has 2 amide bonds. The molecule has 3 saturated heterocycles. The Kier molecular flexibility index (Phi) is 10.5. The Morgan fingerprint density at radius 1 is 1.08 bits per heavy atom. The van der Waals surface area contributed by atoms with Gasteiger partial charge in [0.05, 0.1) is 52.4 Å². The van der Waals surface area contributed by atoms with E-state index >= 15 is 8.78 Å². The van der Waals surface area contributed by atoms with E-state index in [2.05, 4.69) is 36.0 Å². The van der Waals surface area contributed by atoms with E-state index in [9.17, 15) is 19.6 Å². The molecule has 2 aromatic heterocycles. The molecule has 5 heterocycles. The summed E-state index contributed by atoms with van der Waals surface area (Å²) in [5.74, 6) is -0.695. The molecule has 15 nitrogen and oxygen atoms in total. The summed E-state index contributed by atoms with van der Waals surface area (Å²) in [5, 5.41) is 18.4. The van der Waals surface area contributed by atoms with Gasteiger partial charge in [-0.15, -0.1) is 0 Å². The predicted octanol–water partition coefficient (Wildman–Crippen LogP) is 6.65. The van der Waals surface area contributed by atoms with E-state index in [0.717, 1.165) is 71.0 Å². The molecule has 5 fully saturated rings. The number of nitriles is 1. The van der Waals surface area contributed by atoms with Gasteiger partial charge in [0.15, 0.2) is 17.4 Å². The standard InChI is InChI=1S/C45H48F2N10O5S/c1-49-43(60)56(12-3-15-58)41-32-17-35(47)39(18-38(32)53(2)51-41)55-24-44(25-55)19-27(20-44)54-13-10-45(11-14-54)21-28(23-61-45)57-26-50-36-8-4-29(16-31(36)42(57)59)62-40-33(22-48)37(9-7-34(40)46)52-63-30-5-6-30/h4,7-9,15-18,26-28,30,52H,3,5-6,10-14,19-21,23-25H2,1-2H3,(H,49,60). The van der Waals surface area contributed by atoms with E-state index in [0.29, 0.717) is 63.3 Å². The van der Waals surface area contributed by atoms with Gasteiger partial charge in [0, 0.05) is 75.3 Å². The first-order chi connectivity index (χ1) is 30.5. The number of carbonyl (C=O) groups is 2. The van der Waals surface area contributed by atoms with Crippen LogP contribution in [0.15, 0.2) is 53.6 Å². The molecule has 1 atom stereocenters. The molecule has 1 unspecified atom stereocenters. The number of anilines is 3. The Labute approximate surface area is 366 Å². The van der Waals surface area contributed by atoms with E-state index in [1.54, 1.807) is 40.8 Å². The Morgan fingerprint density at radius 2 is 1.87 bits per heavy atom. The summed E-state index contributed by atoms with van der Waals surface area (Å²) in [6, 6.07) is 12.8. The zero-order valence-corrected chi connectivity index (χ0v) is 35.9. The number of carbonyl (C=O) groups excluding carboxylic acids is 2. The number of likely N-dealkylation sites (tertiary alicyclic amines) is 1. The number of hydrogen-bond donors (Lipinski definition) is 2. The van der Waals surface area contributed by atoms with Crippen molar-refractivity contribution in [1.82, 2.24) is 29.5 Å². The highest BCUT2D eigenvalue weighted by molar-refractivity contribution is 8.01. The van der Waals surface area contributed by atoms with Crippen molar-refractivity contribution in [3.8, 4) is 17.6 Å². The Balaban J connectivity index is 0.752. The van der Waals surface area contributed by atoms with Crippen LogP contribution in [0.2, 0.25) is 0 Å². The monoisotopic (exact) mass is 878 g/mol. The van der Waals surface area contributed by atoms with Gasteiger partial charge >= 0.3 is 6.03 Å². The summed E-state index contributed by atoms with van der Waals surface area (Å²) in [6.45, 7) is 3.87. The second-order valence-corrected chi connectivity index (χ2v) is 18.9. The highest BCUT2D eigenvalue weighted by atomic mass is 32.2. The zero-order valence-electron chi connectivity index (χ0n) is 35.1. The van der Waals surface area contributed by atoms with E-state index in [1.165, 1.54) is 42.1 Å². The molecule has 2 aliphatic carbocycles. The number of halogens is 2. The summed E-state index contributed by atoms with van der Waals surface area (Å²) >= 11 is 1.51. The van der Waals surface area contributed by atoms with Crippen molar-refractivity contribution in [1.29, 1.82) is 5.26 Å². The lowest BCUT2D eigenvalue weighted by Gasteiger charge is -2.62. The molecule has 5 aliphatic rings. The van der Waals surface area contributed by atoms with E-state index in [-0.39, 0.29) is 58.5 Å². The van der Waals surface area contributed by atoms with Crippen molar-refractivity contribution >= 4 is 63.3 Å². The third-order valence-corrected chi connectivity index (χ3v) is 14.8. The van der Waals surface area contributed by atoms with Crippen LogP contribution in [-0.4, -0.2) is 99.8 Å². The molecule has 328 valence electrons. The quantitative estimate of drug-likeness (QED) is 0.102. The molecule has 18 heteroatoms. The second kappa shape index (κ2) is 16.1. The first-order valence-electron chi connectivity index (χ1n) is 21.5. The SMILES string of the molecule is CNC(=O)N(CCC=O)c1nn(C)c2cc(N3CC4(CC(N5CCC6(CC5)CC(n5cnc7ccc(Oc8c(F)ccc(NSC9CC9)c8C#N)cc7c5=O)CO6)C4)C3)c(F)cc12. The van der Waals surface area contributed by atoms with Crippen molar-refractivity contribution in [3.63, 3.8) is 0 Å². The van der Waals surface area contributed by atoms with Crippen molar-refractivity contribution in [3.05, 3.63) is 76.3 Å². The largest absolute Gasteiger partial charge is 0.453 e. The fourth-order valence-electron chi connectivity index (χ4n) is 10.1. The Hall–Kier alpha value is -5.77. The minimum Gasteiger partial charge on any atom is -0.453 e. The number of aromatic nitrogens is 4. The van der Waals surface area contributed by atoms with E-state index in [1.807, 2.05) is 6.07 Å². The minimum atomic E-state index is -0.673. The van der Waals surface area contributed by atoms with Crippen molar-refractivity contribution in [2.24, 2.45) is 12.5 Å². The number of hydrogen-bond acceptors (Lipinski definition) is 12. The van der Waals surface area contributed by atoms with Gasteiger partial charge in [0.2, 0.25) is 0 Å². The minimum absolute atomic E-state index is 0.0585. The lowest BCUT2D eigenvalue weighted by atomic mass is 9.59. The molecule has 2 N–H and O–H groups in total. The Morgan fingerprint density at radius 3 is 2.60 bits per heavy atom. The maximum absolute atomic E-state index is 15.7. The number of fused-ring (bicyclic) bond motifs is 2. The maximum Gasteiger partial charge on any atom is 0.322 e. The summed E-state index contributed by atoms with van der Waals surface area (Å²) < 4.78 is 49.7.